The van der Waals surface area contributed by atoms with Crippen LogP contribution < -0.4 is 0 Å². The van der Waals surface area contributed by atoms with Gasteiger partial charge in [0.1, 0.15) is 0 Å². The molecule has 0 aliphatic carbocycles. The Labute approximate surface area is 102 Å². The number of hydrogen-bond acceptors (Lipinski definition) is 3. The van der Waals surface area contributed by atoms with E-state index in [0.29, 0.717) is 4.47 Å². The predicted octanol–water partition coefficient (Wildman–Crippen LogP) is 2.68. The Morgan fingerprint density at radius 2 is 1.69 bits per heavy atom. The minimum atomic E-state index is -3.53. The average Bonchev–Trinajstić information content (AvgIpc) is 2.30. The number of benzene rings is 1. The maximum atomic E-state index is 12.2. The zero-order chi connectivity index (χ0) is 11.6. The Morgan fingerprint density at radius 3 is 2.31 bits per heavy atom. The zero-order valence-electron chi connectivity index (χ0n) is 8.17. The van der Waals surface area contributed by atoms with Gasteiger partial charge in [-0.1, -0.05) is 18.2 Å². The fraction of sp³-hybridized carbons (Fsp3) is 0. The average molecular weight is 298 g/mol. The van der Waals surface area contributed by atoms with E-state index in [2.05, 4.69) is 20.9 Å². The molecule has 0 N–H and O–H groups in total. The molecule has 1 aromatic heterocycles. The molecule has 1 heterocycles. The lowest BCUT2D eigenvalue weighted by Crippen LogP contribution is -2.04. The molecule has 0 spiro atoms. The minimum Gasteiger partial charge on any atom is -0.243 e. The fourth-order valence-corrected chi connectivity index (χ4v) is 3.44. The van der Waals surface area contributed by atoms with E-state index in [1.807, 2.05) is 0 Å². The first kappa shape index (κ1) is 11.3. The van der Waals surface area contributed by atoms with Crippen molar-refractivity contribution in [3.63, 3.8) is 0 Å². The van der Waals surface area contributed by atoms with Gasteiger partial charge in [0.05, 0.1) is 9.37 Å². The maximum Gasteiger partial charge on any atom is 0.224 e. The molecule has 1 aromatic carbocycles. The highest BCUT2D eigenvalue weighted by molar-refractivity contribution is 9.10. The largest absolute Gasteiger partial charge is 0.243 e. The summed E-state index contributed by atoms with van der Waals surface area (Å²) < 4.78 is 24.8. The summed E-state index contributed by atoms with van der Waals surface area (Å²) in [5.74, 6) is 0. The SMILES string of the molecule is O=S(=O)(c1ccccc1)c1ncccc1Br. The monoisotopic (exact) mass is 297 g/mol. The Hall–Kier alpha value is -1.20. The molecule has 0 aliphatic rings. The summed E-state index contributed by atoms with van der Waals surface area (Å²) in [7, 11) is -3.53. The van der Waals surface area contributed by atoms with Crippen molar-refractivity contribution in [1.82, 2.24) is 4.98 Å². The summed E-state index contributed by atoms with van der Waals surface area (Å²) in [6.07, 6.45) is 1.46. The van der Waals surface area contributed by atoms with Crippen LogP contribution in [0.1, 0.15) is 0 Å². The van der Waals surface area contributed by atoms with Crippen molar-refractivity contribution in [1.29, 1.82) is 0 Å². The molecule has 5 heteroatoms. The van der Waals surface area contributed by atoms with Gasteiger partial charge in [-0.15, -0.1) is 0 Å². The van der Waals surface area contributed by atoms with Gasteiger partial charge >= 0.3 is 0 Å². The number of rotatable bonds is 2. The highest BCUT2D eigenvalue weighted by Gasteiger charge is 2.21. The molecule has 0 saturated heterocycles. The molecule has 82 valence electrons. The Bertz CT molecular complexity index is 596. The smallest absolute Gasteiger partial charge is 0.224 e. The summed E-state index contributed by atoms with van der Waals surface area (Å²) in [6, 6.07) is 11.6. The Kier molecular flexibility index (Phi) is 3.07. The summed E-state index contributed by atoms with van der Waals surface area (Å²) in [4.78, 5) is 4.14. The van der Waals surface area contributed by atoms with E-state index in [9.17, 15) is 8.42 Å². The first-order valence-electron chi connectivity index (χ1n) is 4.53. The molecule has 0 unspecified atom stereocenters. The van der Waals surface area contributed by atoms with Gasteiger partial charge in [0, 0.05) is 6.20 Å². The lowest BCUT2D eigenvalue weighted by molar-refractivity contribution is 0.591. The molecule has 2 aromatic rings. The van der Waals surface area contributed by atoms with Crippen LogP contribution >= 0.6 is 15.9 Å². The van der Waals surface area contributed by atoms with Gasteiger partial charge in [0.15, 0.2) is 5.03 Å². The van der Waals surface area contributed by atoms with E-state index in [1.165, 1.54) is 6.20 Å². The summed E-state index contributed by atoms with van der Waals surface area (Å²) >= 11 is 3.19. The van der Waals surface area contributed by atoms with Crippen LogP contribution in [0.4, 0.5) is 0 Å². The second kappa shape index (κ2) is 4.35. The fourth-order valence-electron chi connectivity index (χ4n) is 1.28. The second-order valence-electron chi connectivity index (χ2n) is 3.11. The summed E-state index contributed by atoms with van der Waals surface area (Å²) in [6.45, 7) is 0. The van der Waals surface area contributed by atoms with Gasteiger partial charge in [-0.05, 0) is 40.2 Å². The van der Waals surface area contributed by atoms with Crippen molar-refractivity contribution in [2.45, 2.75) is 9.92 Å². The van der Waals surface area contributed by atoms with Crippen molar-refractivity contribution in [2.24, 2.45) is 0 Å². The molecular weight excluding hydrogens is 290 g/mol. The van der Waals surface area contributed by atoms with E-state index in [4.69, 9.17) is 0 Å². The van der Waals surface area contributed by atoms with Crippen LogP contribution in [0.3, 0.4) is 0 Å². The second-order valence-corrected chi connectivity index (χ2v) is 5.83. The highest BCUT2D eigenvalue weighted by Crippen LogP contribution is 2.25. The van der Waals surface area contributed by atoms with Crippen LogP contribution in [0, 0.1) is 0 Å². The van der Waals surface area contributed by atoms with Crippen molar-refractivity contribution in [3.05, 3.63) is 53.1 Å². The van der Waals surface area contributed by atoms with Crippen LogP contribution in [0.15, 0.2) is 63.1 Å². The number of pyridine rings is 1. The number of aromatic nitrogens is 1. The maximum absolute atomic E-state index is 12.2. The molecule has 0 bridgehead atoms. The molecular formula is C11H8BrNO2S. The van der Waals surface area contributed by atoms with Crippen molar-refractivity contribution in [3.8, 4) is 0 Å². The number of halogens is 1. The zero-order valence-corrected chi connectivity index (χ0v) is 10.6. The lowest BCUT2D eigenvalue weighted by atomic mass is 10.4. The summed E-state index contributed by atoms with van der Waals surface area (Å²) in [5, 5.41) is 0.0428. The molecule has 16 heavy (non-hydrogen) atoms. The molecule has 0 radical (unpaired) electrons. The molecule has 2 rings (SSSR count). The summed E-state index contributed by atoms with van der Waals surface area (Å²) in [5.41, 5.74) is 0. The third-order valence-corrected chi connectivity index (χ3v) is 4.66. The van der Waals surface area contributed by atoms with Gasteiger partial charge in [0.25, 0.3) is 0 Å². The van der Waals surface area contributed by atoms with E-state index in [0.717, 1.165) is 0 Å². The standard InChI is InChI=1S/C11H8BrNO2S/c12-10-7-4-8-13-11(10)16(14,15)9-5-2-1-3-6-9/h1-8H. The Morgan fingerprint density at radius 1 is 1.00 bits per heavy atom. The lowest BCUT2D eigenvalue weighted by Gasteiger charge is -2.04. The van der Waals surface area contributed by atoms with Crippen molar-refractivity contribution in [2.75, 3.05) is 0 Å². The topological polar surface area (TPSA) is 47.0 Å². The quantitative estimate of drug-likeness (QED) is 0.856. The normalized spacial score (nSPS) is 11.3. The van der Waals surface area contributed by atoms with Crippen molar-refractivity contribution >= 4 is 25.8 Å². The number of sulfone groups is 1. The molecule has 0 aliphatic heterocycles. The van der Waals surface area contributed by atoms with Crippen LogP contribution in [-0.4, -0.2) is 13.4 Å². The van der Waals surface area contributed by atoms with E-state index in [-0.39, 0.29) is 9.92 Å². The van der Waals surface area contributed by atoms with E-state index in [1.54, 1.807) is 42.5 Å². The van der Waals surface area contributed by atoms with Gasteiger partial charge in [-0.25, -0.2) is 13.4 Å². The third-order valence-electron chi connectivity index (χ3n) is 2.03. The first-order chi connectivity index (χ1) is 7.62. The van der Waals surface area contributed by atoms with Crippen LogP contribution in [0.25, 0.3) is 0 Å². The molecule has 0 amide bonds. The predicted molar refractivity (Wildman–Crippen MR) is 63.8 cm³/mol. The van der Waals surface area contributed by atoms with Gasteiger partial charge in [0.2, 0.25) is 9.84 Å². The molecule has 0 saturated carbocycles. The first-order valence-corrected chi connectivity index (χ1v) is 6.80. The van der Waals surface area contributed by atoms with Gasteiger partial charge in [-0.3, -0.25) is 0 Å². The van der Waals surface area contributed by atoms with Gasteiger partial charge < -0.3 is 0 Å². The number of hydrogen-bond donors (Lipinski definition) is 0. The van der Waals surface area contributed by atoms with Crippen LogP contribution in [-0.2, 0) is 9.84 Å². The Balaban J connectivity index is 2.62. The minimum absolute atomic E-state index is 0.0428. The van der Waals surface area contributed by atoms with E-state index >= 15 is 0 Å². The van der Waals surface area contributed by atoms with Crippen molar-refractivity contribution < 1.29 is 8.42 Å². The highest BCUT2D eigenvalue weighted by atomic mass is 79.9. The van der Waals surface area contributed by atoms with Crippen LogP contribution in [0.2, 0.25) is 0 Å². The van der Waals surface area contributed by atoms with Crippen LogP contribution in [0.5, 0.6) is 0 Å². The molecule has 0 atom stereocenters. The number of nitrogens with zero attached hydrogens (tertiary/aromatic N) is 1. The van der Waals surface area contributed by atoms with E-state index < -0.39 is 9.84 Å². The third kappa shape index (κ3) is 2.01. The molecule has 3 nitrogen and oxygen atoms in total. The molecule has 0 fully saturated rings. The van der Waals surface area contributed by atoms with Gasteiger partial charge in [-0.2, -0.15) is 0 Å².